The SMILES string of the molecule is CO[14C](=O)c1cccc(C#N)c1Br. The van der Waals surface area contributed by atoms with Gasteiger partial charge in [0.25, 0.3) is 0 Å². The Morgan fingerprint density at radius 2 is 2.31 bits per heavy atom. The molecule has 1 rings (SSSR count). The first-order valence-electron chi connectivity index (χ1n) is 3.47. The average molecular weight is 242 g/mol. The highest BCUT2D eigenvalue weighted by atomic mass is 79.9. The summed E-state index contributed by atoms with van der Waals surface area (Å²) >= 11 is 3.16. The van der Waals surface area contributed by atoms with Crippen LogP contribution in [-0.2, 0) is 4.74 Å². The number of ether oxygens (including phenoxy) is 1. The molecule has 0 bridgehead atoms. The van der Waals surface area contributed by atoms with Crippen molar-refractivity contribution in [2.75, 3.05) is 7.11 Å². The van der Waals surface area contributed by atoms with E-state index >= 15 is 0 Å². The van der Waals surface area contributed by atoms with Crippen LogP contribution in [0.4, 0.5) is 0 Å². The van der Waals surface area contributed by atoms with Crippen molar-refractivity contribution >= 4 is 21.9 Å². The molecule has 66 valence electrons. The zero-order valence-corrected chi connectivity index (χ0v) is 8.46. The zero-order valence-electron chi connectivity index (χ0n) is 6.87. The molecule has 0 atom stereocenters. The highest BCUT2D eigenvalue weighted by Gasteiger charge is 2.12. The minimum Gasteiger partial charge on any atom is -0.465 e. The average Bonchev–Trinajstić information content (AvgIpc) is 2.17. The molecule has 3 nitrogen and oxygen atoms in total. The Labute approximate surface area is 84.1 Å². The van der Waals surface area contributed by atoms with Gasteiger partial charge in [0, 0.05) is 4.47 Å². The molecule has 0 saturated heterocycles. The van der Waals surface area contributed by atoms with Gasteiger partial charge in [-0.15, -0.1) is 0 Å². The van der Waals surface area contributed by atoms with Crippen LogP contribution >= 0.6 is 15.9 Å². The van der Waals surface area contributed by atoms with Crippen LogP contribution in [-0.4, -0.2) is 13.1 Å². The summed E-state index contributed by atoms with van der Waals surface area (Å²) < 4.78 is 5.01. The van der Waals surface area contributed by atoms with E-state index < -0.39 is 5.97 Å². The minimum absolute atomic E-state index is 0.363. The summed E-state index contributed by atoms with van der Waals surface area (Å²) in [4.78, 5) is 11.1. The third-order valence-electron chi connectivity index (χ3n) is 1.52. The van der Waals surface area contributed by atoms with Gasteiger partial charge < -0.3 is 4.74 Å². The molecule has 0 aliphatic carbocycles. The highest BCUT2D eigenvalue weighted by molar-refractivity contribution is 9.10. The van der Waals surface area contributed by atoms with Gasteiger partial charge in [-0.1, -0.05) is 6.07 Å². The van der Waals surface area contributed by atoms with Gasteiger partial charge in [-0.3, -0.25) is 0 Å². The molecular weight excluding hydrogens is 236 g/mol. The molecule has 0 spiro atoms. The number of methoxy groups -OCH3 is 1. The number of esters is 1. The summed E-state index contributed by atoms with van der Waals surface area (Å²) in [6.07, 6.45) is 0. The highest BCUT2D eigenvalue weighted by Crippen LogP contribution is 2.21. The van der Waals surface area contributed by atoms with Gasteiger partial charge in [-0.05, 0) is 28.1 Å². The van der Waals surface area contributed by atoms with Gasteiger partial charge in [-0.25, -0.2) is 4.79 Å². The summed E-state index contributed by atoms with van der Waals surface area (Å²) in [6, 6.07) is 6.81. The minimum atomic E-state index is -0.455. The second kappa shape index (κ2) is 4.06. The number of rotatable bonds is 1. The number of carbonyl (C=O) groups is 1. The summed E-state index contributed by atoms with van der Waals surface area (Å²) in [5, 5.41) is 8.67. The summed E-state index contributed by atoms with van der Waals surface area (Å²) in [6.45, 7) is 0. The number of nitriles is 1. The second-order valence-corrected chi connectivity index (χ2v) is 3.06. The molecule has 4 heteroatoms. The Hall–Kier alpha value is -1.34. The zero-order chi connectivity index (χ0) is 9.84. The molecule has 0 N–H and O–H groups in total. The number of hydrogen-bond donors (Lipinski definition) is 0. The van der Waals surface area contributed by atoms with E-state index in [1.165, 1.54) is 7.11 Å². The quantitative estimate of drug-likeness (QED) is 0.708. The van der Waals surface area contributed by atoms with Gasteiger partial charge in [0.15, 0.2) is 0 Å². The molecule has 1 aromatic rings. The first-order valence-corrected chi connectivity index (χ1v) is 4.27. The van der Waals surface area contributed by atoms with Gasteiger partial charge in [0.2, 0.25) is 0 Å². The van der Waals surface area contributed by atoms with Crippen molar-refractivity contribution in [2.45, 2.75) is 0 Å². The first kappa shape index (κ1) is 9.75. The van der Waals surface area contributed by atoms with Crippen LogP contribution in [0.3, 0.4) is 0 Å². The maximum Gasteiger partial charge on any atom is 0.339 e. The number of hydrogen-bond acceptors (Lipinski definition) is 3. The lowest BCUT2D eigenvalue weighted by atomic mass is 10.2. The Bertz CT molecular complexity index is 382. The standard InChI is InChI=1S/C9H6BrNO2/c1-13-9(12)7-4-2-3-6(5-11)8(7)10/h2-4H,1H3/i9+2. The van der Waals surface area contributed by atoms with E-state index in [0.717, 1.165) is 0 Å². The summed E-state index contributed by atoms with van der Waals surface area (Å²) in [5.41, 5.74) is 0.782. The van der Waals surface area contributed by atoms with Crippen LogP contribution in [0, 0.1) is 11.3 Å². The number of carbonyl (C=O) groups excluding carboxylic acids is 1. The van der Waals surface area contributed by atoms with Gasteiger partial charge in [0.1, 0.15) is 6.07 Å². The van der Waals surface area contributed by atoms with E-state index in [4.69, 9.17) is 5.26 Å². The van der Waals surface area contributed by atoms with E-state index in [-0.39, 0.29) is 0 Å². The third kappa shape index (κ3) is 1.87. The van der Waals surface area contributed by atoms with Crippen molar-refractivity contribution in [2.24, 2.45) is 0 Å². The molecule has 0 aliphatic heterocycles. The van der Waals surface area contributed by atoms with E-state index in [0.29, 0.717) is 15.6 Å². The molecule has 0 aromatic heterocycles. The molecular formula is C9H6BrNO2. The van der Waals surface area contributed by atoms with Gasteiger partial charge >= 0.3 is 5.97 Å². The maximum atomic E-state index is 11.1. The Morgan fingerprint density at radius 3 is 2.85 bits per heavy atom. The predicted octanol–water partition coefficient (Wildman–Crippen LogP) is 2.11. The number of halogens is 1. The lowest BCUT2D eigenvalue weighted by Crippen LogP contribution is -2.02. The fourth-order valence-electron chi connectivity index (χ4n) is 0.886. The topological polar surface area (TPSA) is 50.1 Å². The summed E-state index contributed by atoms with van der Waals surface area (Å²) in [5.74, 6) is -0.455. The maximum absolute atomic E-state index is 11.1. The lowest BCUT2D eigenvalue weighted by Gasteiger charge is -2.02. The fraction of sp³-hybridized carbons (Fsp3) is 0.111. The second-order valence-electron chi connectivity index (χ2n) is 2.27. The largest absolute Gasteiger partial charge is 0.465 e. The van der Waals surface area contributed by atoms with Gasteiger partial charge in [-0.2, -0.15) is 5.26 Å². The van der Waals surface area contributed by atoms with Gasteiger partial charge in [0.05, 0.1) is 18.2 Å². The number of benzene rings is 1. The summed E-state index contributed by atoms with van der Waals surface area (Å²) in [7, 11) is 1.30. The normalized spacial score (nSPS) is 9.00. The van der Waals surface area contributed by atoms with Crippen molar-refractivity contribution < 1.29 is 9.53 Å². The van der Waals surface area contributed by atoms with E-state index in [1.54, 1.807) is 18.2 Å². The molecule has 0 aliphatic rings. The van der Waals surface area contributed by atoms with Crippen molar-refractivity contribution in [3.63, 3.8) is 0 Å². The Kier molecular flexibility index (Phi) is 3.04. The smallest absolute Gasteiger partial charge is 0.339 e. The molecule has 0 fully saturated rings. The molecule has 0 heterocycles. The molecule has 0 radical (unpaired) electrons. The molecule has 0 unspecified atom stereocenters. The van der Waals surface area contributed by atoms with Crippen LogP contribution in [0.2, 0.25) is 0 Å². The molecule has 0 saturated carbocycles. The van der Waals surface area contributed by atoms with E-state index in [9.17, 15) is 4.79 Å². The molecule has 0 amide bonds. The fourth-order valence-corrected chi connectivity index (χ4v) is 1.40. The predicted molar refractivity (Wildman–Crippen MR) is 50.2 cm³/mol. The van der Waals surface area contributed by atoms with Crippen molar-refractivity contribution in [1.29, 1.82) is 5.26 Å². The number of nitrogens with zero attached hydrogens (tertiary/aromatic N) is 1. The Morgan fingerprint density at radius 1 is 1.62 bits per heavy atom. The third-order valence-corrected chi connectivity index (χ3v) is 2.38. The van der Waals surface area contributed by atoms with Crippen LogP contribution in [0.25, 0.3) is 0 Å². The monoisotopic (exact) mass is 241 g/mol. The van der Waals surface area contributed by atoms with Crippen molar-refractivity contribution in [3.8, 4) is 6.07 Å². The van der Waals surface area contributed by atoms with E-state index in [1.807, 2.05) is 6.07 Å². The van der Waals surface area contributed by atoms with Crippen LogP contribution in [0.15, 0.2) is 22.7 Å². The van der Waals surface area contributed by atoms with E-state index in [2.05, 4.69) is 20.7 Å². The first-order chi connectivity index (χ1) is 6.20. The van der Waals surface area contributed by atoms with Crippen LogP contribution in [0.1, 0.15) is 15.9 Å². The molecule has 13 heavy (non-hydrogen) atoms. The Balaban J connectivity index is 3.25. The lowest BCUT2D eigenvalue weighted by molar-refractivity contribution is 0.0599. The van der Waals surface area contributed by atoms with Crippen LogP contribution < -0.4 is 0 Å². The van der Waals surface area contributed by atoms with Crippen molar-refractivity contribution in [3.05, 3.63) is 33.8 Å². The molecule has 1 aromatic carbocycles. The van der Waals surface area contributed by atoms with Crippen molar-refractivity contribution in [1.82, 2.24) is 0 Å². The van der Waals surface area contributed by atoms with Crippen LogP contribution in [0.5, 0.6) is 0 Å².